The van der Waals surface area contributed by atoms with Crippen molar-refractivity contribution in [2.24, 2.45) is 5.92 Å². The number of carbonyl (C=O) groups excluding carboxylic acids is 1. The van der Waals surface area contributed by atoms with Gasteiger partial charge in [-0.3, -0.25) is 9.48 Å². The molecule has 5 nitrogen and oxygen atoms in total. The zero-order valence-corrected chi connectivity index (χ0v) is 11.1. The Kier molecular flexibility index (Phi) is 3.37. The van der Waals surface area contributed by atoms with Gasteiger partial charge in [0.1, 0.15) is 0 Å². The summed E-state index contributed by atoms with van der Waals surface area (Å²) >= 11 is 0. The van der Waals surface area contributed by atoms with Gasteiger partial charge < -0.3 is 4.90 Å². The van der Waals surface area contributed by atoms with Crippen molar-refractivity contribution >= 4 is 5.91 Å². The Morgan fingerprint density at radius 2 is 2.33 bits per heavy atom. The number of nitrogens with zero attached hydrogens (tertiary/aromatic N) is 4. The summed E-state index contributed by atoms with van der Waals surface area (Å²) in [4.78, 5) is 14.1. The van der Waals surface area contributed by atoms with Crippen LogP contribution in [0, 0.1) is 24.2 Å². The number of likely N-dealkylation sites (tertiary alicyclic amines) is 1. The molecule has 2 rings (SSSR count). The SMILES string of the molecule is Cc1c(C(=O)N2CCC(C#N)C2)cnn1C(C)C. The van der Waals surface area contributed by atoms with Crippen molar-refractivity contribution in [1.29, 1.82) is 5.26 Å². The minimum absolute atomic E-state index is 0.00264. The third-order valence-corrected chi connectivity index (χ3v) is 3.42. The van der Waals surface area contributed by atoms with E-state index in [0.717, 1.165) is 12.1 Å². The molecule has 0 saturated carbocycles. The van der Waals surface area contributed by atoms with Crippen LogP contribution in [0.25, 0.3) is 0 Å². The molecule has 0 spiro atoms. The lowest BCUT2D eigenvalue weighted by Gasteiger charge is -2.15. The largest absolute Gasteiger partial charge is 0.337 e. The van der Waals surface area contributed by atoms with Crippen LogP contribution in [0.2, 0.25) is 0 Å². The maximum absolute atomic E-state index is 12.3. The standard InChI is InChI=1S/C13H18N4O/c1-9(2)17-10(3)12(7-15-17)13(18)16-5-4-11(6-14)8-16/h7,9,11H,4-5,8H2,1-3H3. The fourth-order valence-corrected chi connectivity index (χ4v) is 2.37. The Balaban J connectivity index is 2.18. The molecule has 1 unspecified atom stereocenters. The molecule has 0 aliphatic carbocycles. The zero-order valence-electron chi connectivity index (χ0n) is 11.1. The lowest BCUT2D eigenvalue weighted by atomic mass is 10.1. The number of nitriles is 1. The van der Waals surface area contributed by atoms with Gasteiger partial charge in [0.05, 0.1) is 23.7 Å². The molecule has 1 aromatic rings. The number of amides is 1. The van der Waals surface area contributed by atoms with Crippen LogP contribution in [0.1, 0.15) is 42.4 Å². The van der Waals surface area contributed by atoms with E-state index in [-0.39, 0.29) is 17.9 Å². The molecular weight excluding hydrogens is 228 g/mol. The quantitative estimate of drug-likeness (QED) is 0.798. The van der Waals surface area contributed by atoms with Gasteiger partial charge in [-0.2, -0.15) is 10.4 Å². The van der Waals surface area contributed by atoms with Crippen LogP contribution in [0.5, 0.6) is 0 Å². The summed E-state index contributed by atoms with van der Waals surface area (Å²) in [6.07, 6.45) is 2.41. The molecule has 1 aliphatic rings. The highest BCUT2D eigenvalue weighted by atomic mass is 16.2. The highest BCUT2D eigenvalue weighted by Gasteiger charge is 2.28. The van der Waals surface area contributed by atoms with Gasteiger partial charge in [0.25, 0.3) is 5.91 Å². The predicted octanol–water partition coefficient (Wildman–Crippen LogP) is 1.76. The second-order valence-electron chi connectivity index (χ2n) is 5.05. The third-order valence-electron chi connectivity index (χ3n) is 3.42. The first-order chi connectivity index (χ1) is 8.54. The fourth-order valence-electron chi connectivity index (χ4n) is 2.37. The Morgan fingerprint density at radius 1 is 1.61 bits per heavy atom. The summed E-state index contributed by atoms with van der Waals surface area (Å²) in [5.74, 6) is -0.0217. The minimum atomic E-state index is -0.0191. The van der Waals surface area contributed by atoms with Gasteiger partial charge >= 0.3 is 0 Å². The smallest absolute Gasteiger partial charge is 0.257 e. The van der Waals surface area contributed by atoms with Crippen molar-refractivity contribution in [2.75, 3.05) is 13.1 Å². The summed E-state index contributed by atoms with van der Waals surface area (Å²) in [7, 11) is 0. The highest BCUT2D eigenvalue weighted by molar-refractivity contribution is 5.95. The molecule has 1 amide bonds. The van der Waals surface area contributed by atoms with E-state index in [2.05, 4.69) is 11.2 Å². The lowest BCUT2D eigenvalue weighted by molar-refractivity contribution is 0.0789. The summed E-state index contributed by atoms with van der Waals surface area (Å²) in [6.45, 7) is 7.20. The van der Waals surface area contributed by atoms with Crippen LogP contribution in [0.4, 0.5) is 0 Å². The molecule has 18 heavy (non-hydrogen) atoms. The lowest BCUT2D eigenvalue weighted by Crippen LogP contribution is -2.29. The molecule has 5 heteroatoms. The predicted molar refractivity (Wildman–Crippen MR) is 67.0 cm³/mol. The number of hydrogen-bond donors (Lipinski definition) is 0. The third kappa shape index (κ3) is 2.10. The van der Waals surface area contributed by atoms with Gasteiger partial charge in [0.2, 0.25) is 0 Å². The molecular formula is C13H18N4O. The van der Waals surface area contributed by atoms with Gasteiger partial charge in [-0.15, -0.1) is 0 Å². The molecule has 1 aliphatic heterocycles. The monoisotopic (exact) mass is 246 g/mol. The van der Waals surface area contributed by atoms with Crippen LogP contribution < -0.4 is 0 Å². The zero-order chi connectivity index (χ0) is 13.3. The summed E-state index contributed by atoms with van der Waals surface area (Å²) in [5.41, 5.74) is 1.55. The van der Waals surface area contributed by atoms with Crippen molar-refractivity contribution in [3.63, 3.8) is 0 Å². The van der Waals surface area contributed by atoms with Gasteiger partial charge in [0, 0.05) is 24.8 Å². The maximum Gasteiger partial charge on any atom is 0.257 e. The number of rotatable bonds is 2. The molecule has 0 aromatic carbocycles. The van der Waals surface area contributed by atoms with Crippen molar-refractivity contribution in [1.82, 2.24) is 14.7 Å². The first-order valence-corrected chi connectivity index (χ1v) is 6.27. The van der Waals surface area contributed by atoms with Crippen LogP contribution >= 0.6 is 0 Å². The van der Waals surface area contributed by atoms with Crippen LogP contribution in [-0.4, -0.2) is 33.7 Å². The van der Waals surface area contributed by atoms with Crippen LogP contribution in [0.3, 0.4) is 0 Å². The fraction of sp³-hybridized carbons (Fsp3) is 0.615. The number of hydrogen-bond acceptors (Lipinski definition) is 3. The van der Waals surface area contributed by atoms with E-state index in [9.17, 15) is 4.79 Å². The molecule has 1 saturated heterocycles. The summed E-state index contributed by atoms with van der Waals surface area (Å²) in [5, 5.41) is 13.1. The van der Waals surface area contributed by atoms with Crippen LogP contribution in [-0.2, 0) is 0 Å². The van der Waals surface area contributed by atoms with E-state index >= 15 is 0 Å². The van der Waals surface area contributed by atoms with Gasteiger partial charge in [-0.1, -0.05) is 0 Å². The Bertz CT molecular complexity index is 498. The molecule has 1 atom stereocenters. The maximum atomic E-state index is 12.3. The minimum Gasteiger partial charge on any atom is -0.337 e. The average molecular weight is 246 g/mol. The topological polar surface area (TPSA) is 61.9 Å². The van der Waals surface area contributed by atoms with Gasteiger partial charge in [0.15, 0.2) is 0 Å². The molecule has 2 heterocycles. The number of carbonyl (C=O) groups is 1. The van der Waals surface area contributed by atoms with E-state index in [4.69, 9.17) is 5.26 Å². The van der Waals surface area contributed by atoms with E-state index in [1.54, 1.807) is 11.1 Å². The molecule has 0 N–H and O–H groups in total. The first kappa shape index (κ1) is 12.6. The molecule has 1 fully saturated rings. The van der Waals surface area contributed by atoms with Crippen molar-refractivity contribution in [2.45, 2.75) is 33.2 Å². The number of aromatic nitrogens is 2. The van der Waals surface area contributed by atoms with E-state index in [1.165, 1.54) is 0 Å². The Hall–Kier alpha value is -1.83. The first-order valence-electron chi connectivity index (χ1n) is 6.27. The van der Waals surface area contributed by atoms with Gasteiger partial charge in [-0.05, 0) is 27.2 Å². The van der Waals surface area contributed by atoms with Crippen LogP contribution in [0.15, 0.2) is 6.20 Å². The summed E-state index contributed by atoms with van der Waals surface area (Å²) < 4.78 is 1.85. The second-order valence-corrected chi connectivity index (χ2v) is 5.05. The van der Waals surface area contributed by atoms with Crippen molar-refractivity contribution in [3.05, 3.63) is 17.5 Å². The molecule has 0 radical (unpaired) electrons. The molecule has 1 aromatic heterocycles. The normalized spacial score (nSPS) is 19.3. The van der Waals surface area contributed by atoms with E-state index in [1.807, 2.05) is 25.5 Å². The Morgan fingerprint density at radius 3 is 2.83 bits per heavy atom. The summed E-state index contributed by atoms with van der Waals surface area (Å²) in [6, 6.07) is 2.47. The van der Waals surface area contributed by atoms with E-state index < -0.39 is 0 Å². The second kappa shape index (κ2) is 4.81. The molecule has 0 bridgehead atoms. The van der Waals surface area contributed by atoms with Crippen molar-refractivity contribution in [3.8, 4) is 6.07 Å². The Labute approximate surface area is 107 Å². The highest BCUT2D eigenvalue weighted by Crippen LogP contribution is 2.20. The average Bonchev–Trinajstić information content (AvgIpc) is 2.94. The van der Waals surface area contributed by atoms with E-state index in [0.29, 0.717) is 18.7 Å². The van der Waals surface area contributed by atoms with Gasteiger partial charge in [-0.25, -0.2) is 0 Å². The van der Waals surface area contributed by atoms with Crippen molar-refractivity contribution < 1.29 is 4.79 Å². The molecule has 96 valence electrons.